The molecule has 0 bridgehead atoms. The van der Waals surface area contributed by atoms with Gasteiger partial charge >= 0.3 is 99.4 Å². The number of allylic oxidation sites excluding steroid dienone is 8. The van der Waals surface area contributed by atoms with Crippen LogP contribution in [0.4, 0.5) is 0 Å². The van der Waals surface area contributed by atoms with Gasteiger partial charge in [0.1, 0.15) is 0 Å². The SMILES string of the molecule is [CH3][Zr+2]1([CH3])([CH3])([CH3])([C]2=CC=CC2)([C]2=CC=CC2)[SiH2][SiH2]1.[Cl-].[Cl-]. The fourth-order valence-electron chi connectivity index (χ4n) is 4.56. The van der Waals surface area contributed by atoms with Crippen LogP contribution < -0.4 is 24.8 Å². The molecular formula is C14H26Cl2Si2Zr. The molecule has 0 atom stereocenters. The Balaban J connectivity index is 0.000000902. The van der Waals surface area contributed by atoms with Crippen molar-refractivity contribution in [3.8, 4) is 0 Å². The van der Waals surface area contributed by atoms with Crippen molar-refractivity contribution < 1.29 is 37.5 Å². The van der Waals surface area contributed by atoms with Crippen LogP contribution in [0.5, 0.6) is 0 Å². The number of hydrogen-bond acceptors (Lipinski definition) is 0. The van der Waals surface area contributed by atoms with Crippen molar-refractivity contribution >= 4 is 12.3 Å². The maximum atomic E-state index is 2.82. The third-order valence-corrected chi connectivity index (χ3v) is 183. The molecule has 0 spiro atoms. The Morgan fingerprint density at radius 2 is 1.16 bits per heavy atom. The predicted octanol–water partition coefficient (Wildman–Crippen LogP) is -2.73. The zero-order valence-corrected chi connectivity index (χ0v) is 19.3. The molecule has 0 unspecified atom stereocenters. The second-order valence-electron chi connectivity index (χ2n) is 12.1. The molecule has 1 saturated heterocycles. The van der Waals surface area contributed by atoms with Crippen LogP contribution in [0, 0.1) is 0 Å². The van der Waals surface area contributed by atoms with Gasteiger partial charge in [0.2, 0.25) is 0 Å². The van der Waals surface area contributed by atoms with Crippen molar-refractivity contribution in [3.05, 3.63) is 43.0 Å². The zero-order chi connectivity index (χ0) is 12.6. The topological polar surface area (TPSA) is 0 Å². The Bertz CT molecular complexity index is 581. The molecule has 1 aliphatic heterocycles. The molecule has 3 aliphatic rings. The average Bonchev–Trinajstić information content (AvgIpc) is 2.85. The van der Waals surface area contributed by atoms with Gasteiger partial charge in [0.25, 0.3) is 0 Å². The monoisotopic (exact) mass is 410 g/mol. The van der Waals surface area contributed by atoms with Crippen molar-refractivity contribution in [1.82, 2.24) is 0 Å². The van der Waals surface area contributed by atoms with Crippen LogP contribution in [0.15, 0.2) is 43.0 Å². The first kappa shape index (κ1) is 17.9. The first-order chi connectivity index (χ1) is 7.46. The third kappa shape index (κ3) is 1.72. The van der Waals surface area contributed by atoms with E-state index >= 15 is 0 Å². The van der Waals surface area contributed by atoms with Crippen molar-refractivity contribution in [1.29, 1.82) is 0 Å². The molecule has 2 aliphatic carbocycles. The molecule has 19 heavy (non-hydrogen) atoms. The van der Waals surface area contributed by atoms with E-state index in [1.807, 2.05) is 6.56 Å². The molecule has 1 heterocycles. The van der Waals surface area contributed by atoms with Crippen LogP contribution in [-0.2, 0) is 12.7 Å². The number of hydrogen-bond donors (Lipinski definition) is 0. The van der Waals surface area contributed by atoms with Gasteiger partial charge in [-0.3, -0.25) is 0 Å². The molecule has 0 N–H and O–H groups in total. The van der Waals surface area contributed by atoms with Crippen LogP contribution in [0.25, 0.3) is 0 Å². The molecule has 0 aromatic carbocycles. The second-order valence-corrected chi connectivity index (χ2v) is 139. The molecule has 0 nitrogen and oxygen atoms in total. The average molecular weight is 413 g/mol. The first-order valence-electron chi connectivity index (χ1n) is 7.14. The zero-order valence-electron chi connectivity index (χ0n) is 12.5. The summed E-state index contributed by atoms with van der Waals surface area (Å²) in [6.07, 6.45) is 17.2. The second kappa shape index (κ2) is 2.99. The third-order valence-electron chi connectivity index (χ3n) is 8.09. The van der Waals surface area contributed by atoms with Crippen molar-refractivity contribution in [3.63, 3.8) is 0 Å². The van der Waals surface area contributed by atoms with Gasteiger partial charge < -0.3 is 24.8 Å². The van der Waals surface area contributed by atoms with Crippen LogP contribution in [-0.4, -0.2) is 12.3 Å². The summed E-state index contributed by atoms with van der Waals surface area (Å²) in [5.41, 5.74) is 0. The Morgan fingerprint density at radius 1 is 0.789 bits per heavy atom. The molecular weight excluding hydrogens is 386 g/mol. The molecule has 5 heteroatoms. The summed E-state index contributed by atoms with van der Waals surface area (Å²) in [5.74, 6) is 0. The Kier molecular flexibility index (Phi) is 2.82. The molecule has 0 amide bonds. The van der Waals surface area contributed by atoms with Crippen molar-refractivity contribution in [2.45, 2.75) is 31.4 Å². The fourth-order valence-corrected chi connectivity index (χ4v) is 253. The van der Waals surface area contributed by atoms with Gasteiger partial charge in [-0.25, -0.2) is 0 Å². The maximum absolute atomic E-state index is 3.83. The minimum Gasteiger partial charge on any atom is -1.00 e. The molecule has 0 saturated carbocycles. The van der Waals surface area contributed by atoms with E-state index in [9.17, 15) is 0 Å². The van der Waals surface area contributed by atoms with E-state index in [0.717, 1.165) is 0 Å². The van der Waals surface area contributed by atoms with E-state index in [4.69, 9.17) is 0 Å². The minimum absolute atomic E-state index is 0. The van der Waals surface area contributed by atoms with Crippen LogP contribution in [0.3, 0.4) is 0 Å². The largest absolute Gasteiger partial charge is 1.00 e. The minimum atomic E-state index is -3.83. The van der Waals surface area contributed by atoms with Crippen molar-refractivity contribution in [2.24, 2.45) is 0 Å². The summed E-state index contributed by atoms with van der Waals surface area (Å²) >= 11 is -3.83. The van der Waals surface area contributed by atoms with Crippen molar-refractivity contribution in [2.75, 3.05) is 0 Å². The van der Waals surface area contributed by atoms with E-state index < -0.39 is 12.7 Å². The normalized spacial score (nSPS) is 44.0. The van der Waals surface area contributed by atoms with Gasteiger partial charge in [0.15, 0.2) is 0 Å². The Hall–Kier alpha value is 0.857. The Morgan fingerprint density at radius 3 is 1.37 bits per heavy atom. The number of rotatable bonds is 2. The molecule has 0 aromatic heterocycles. The van der Waals surface area contributed by atoms with Gasteiger partial charge in [-0.2, -0.15) is 0 Å². The molecule has 1 fully saturated rings. The summed E-state index contributed by atoms with van der Waals surface area (Å²) in [5, 5.41) is 0. The van der Waals surface area contributed by atoms with E-state index in [1.165, 1.54) is 12.8 Å². The van der Waals surface area contributed by atoms with E-state index in [2.05, 4.69) is 55.0 Å². The summed E-state index contributed by atoms with van der Waals surface area (Å²) in [4.78, 5) is 0. The van der Waals surface area contributed by atoms with E-state index in [0.29, 0.717) is 0 Å². The first-order valence-corrected chi connectivity index (χ1v) is 35.3. The van der Waals surface area contributed by atoms with Crippen LogP contribution >= 0.6 is 0 Å². The maximum Gasteiger partial charge on any atom is -1.00 e. The summed E-state index contributed by atoms with van der Waals surface area (Å²) in [6.45, 7) is 0. The van der Waals surface area contributed by atoms with E-state index in [-0.39, 0.29) is 37.1 Å². The van der Waals surface area contributed by atoms with Gasteiger partial charge in [-0.1, -0.05) is 0 Å². The molecule has 108 valence electrons. The van der Waals surface area contributed by atoms with Gasteiger partial charge in [0.05, 0.1) is 0 Å². The van der Waals surface area contributed by atoms with E-state index in [1.54, 1.807) is 0 Å². The fraction of sp³-hybridized carbons (Fsp3) is 0.429. The molecule has 3 rings (SSSR count). The number of halogens is 2. The Labute approximate surface area is 123 Å². The van der Waals surface area contributed by atoms with Crippen LogP contribution in [0.1, 0.15) is 12.8 Å². The van der Waals surface area contributed by atoms with Crippen LogP contribution in [0.2, 0.25) is 18.5 Å². The standard InChI is InChI=1S/2C5H5.4CH3.2ClH.H4Si2.Zr/c2*1-2-4-5-3-1;;;;;;;1-2;/h2*1-3H,4H2;4*1H3;2*1H;1-2H2;/q;;;;;;;;;+2/p-2. The molecule has 0 radical (unpaired) electrons. The quantitative estimate of drug-likeness (QED) is 0.432. The van der Waals surface area contributed by atoms with Gasteiger partial charge in [-0.05, 0) is 0 Å². The summed E-state index contributed by atoms with van der Waals surface area (Å²) in [7, 11) is 0. The van der Waals surface area contributed by atoms with Gasteiger partial charge in [0, 0.05) is 0 Å². The molecule has 0 aromatic rings. The summed E-state index contributed by atoms with van der Waals surface area (Å²) in [6, 6.07) is 0. The summed E-state index contributed by atoms with van der Waals surface area (Å²) < 4.78 is 15.1. The predicted molar refractivity (Wildman–Crippen MR) is 84.2 cm³/mol. The smallest absolute Gasteiger partial charge is 1.00 e. The van der Waals surface area contributed by atoms with Gasteiger partial charge in [-0.15, -0.1) is 0 Å².